The van der Waals surface area contributed by atoms with Crippen molar-refractivity contribution in [3.63, 3.8) is 0 Å². The minimum absolute atomic E-state index is 0.184. The number of piperazine rings is 1. The quantitative estimate of drug-likeness (QED) is 0.504. The molecule has 1 heterocycles. The molecule has 1 aromatic rings. The van der Waals surface area contributed by atoms with Gasteiger partial charge in [-0.1, -0.05) is 32.4 Å². The van der Waals surface area contributed by atoms with Gasteiger partial charge < -0.3 is 15.5 Å². The van der Waals surface area contributed by atoms with E-state index in [2.05, 4.69) is 9.89 Å². The van der Waals surface area contributed by atoms with Crippen LogP contribution in [0.5, 0.6) is 0 Å². The molecule has 1 fully saturated rings. The lowest BCUT2D eigenvalue weighted by molar-refractivity contribution is -0.139. The van der Waals surface area contributed by atoms with Gasteiger partial charge in [0.05, 0.1) is 22.3 Å². The molecule has 1 saturated heterocycles. The summed E-state index contributed by atoms with van der Waals surface area (Å²) in [6, 6.07) is 5.58. The van der Waals surface area contributed by atoms with Crippen LogP contribution in [0.25, 0.3) is 0 Å². The van der Waals surface area contributed by atoms with Gasteiger partial charge in [-0.05, 0) is 18.2 Å². The van der Waals surface area contributed by atoms with Crippen LogP contribution in [-0.2, 0) is 4.79 Å². The summed E-state index contributed by atoms with van der Waals surface area (Å²) < 4.78 is 0. The summed E-state index contributed by atoms with van der Waals surface area (Å²) >= 11 is 12.0. The third-order valence-electron chi connectivity index (χ3n) is 3.89. The first-order valence-electron chi connectivity index (χ1n) is 7.95. The summed E-state index contributed by atoms with van der Waals surface area (Å²) in [5.41, 5.74) is 6.93. The number of amidine groups is 1. The largest absolute Gasteiger partial charge is 0.386 e. The molecule has 7 heteroatoms. The number of carbonyl (C=O) groups excluding carboxylic acids is 1. The van der Waals surface area contributed by atoms with Gasteiger partial charge in [0.15, 0.2) is 0 Å². The molecule has 0 spiro atoms. The first kappa shape index (κ1) is 18.9. The Morgan fingerprint density at radius 1 is 1.25 bits per heavy atom. The zero-order chi connectivity index (χ0) is 17.9. The van der Waals surface area contributed by atoms with Crippen molar-refractivity contribution in [3.8, 4) is 0 Å². The van der Waals surface area contributed by atoms with E-state index in [1.807, 2.05) is 37.8 Å². The molecule has 132 valence electrons. The highest BCUT2D eigenvalue weighted by Gasteiger charge is 2.30. The van der Waals surface area contributed by atoms with Crippen LogP contribution in [0.3, 0.4) is 0 Å². The van der Waals surface area contributed by atoms with Gasteiger partial charge in [0, 0.05) is 31.6 Å². The van der Waals surface area contributed by atoms with Gasteiger partial charge >= 0.3 is 0 Å². The molecule has 0 unspecified atom stereocenters. The topological polar surface area (TPSA) is 61.9 Å². The van der Waals surface area contributed by atoms with Crippen molar-refractivity contribution >= 4 is 46.3 Å². The highest BCUT2D eigenvalue weighted by atomic mass is 35.5. The molecule has 0 radical (unpaired) electrons. The van der Waals surface area contributed by atoms with Crippen LogP contribution in [0.4, 0.5) is 11.4 Å². The van der Waals surface area contributed by atoms with Crippen molar-refractivity contribution in [3.05, 3.63) is 23.2 Å². The molecule has 1 aliphatic rings. The fourth-order valence-corrected chi connectivity index (χ4v) is 3.00. The molecule has 0 aromatic heterocycles. The summed E-state index contributed by atoms with van der Waals surface area (Å²) in [6.07, 6.45) is 0. The van der Waals surface area contributed by atoms with E-state index in [1.54, 1.807) is 6.07 Å². The van der Waals surface area contributed by atoms with Crippen LogP contribution >= 0.6 is 23.2 Å². The zero-order valence-corrected chi connectivity index (χ0v) is 15.9. The van der Waals surface area contributed by atoms with E-state index in [1.165, 1.54) is 0 Å². The average Bonchev–Trinajstić information content (AvgIpc) is 2.53. The van der Waals surface area contributed by atoms with E-state index < -0.39 is 0 Å². The number of anilines is 1. The van der Waals surface area contributed by atoms with Crippen molar-refractivity contribution in [2.24, 2.45) is 16.1 Å². The average molecular weight is 371 g/mol. The Morgan fingerprint density at radius 3 is 2.38 bits per heavy atom. The molecular weight excluding hydrogens is 347 g/mol. The van der Waals surface area contributed by atoms with Crippen molar-refractivity contribution in [1.29, 1.82) is 0 Å². The number of hydrogen-bond donors (Lipinski definition) is 1. The van der Waals surface area contributed by atoms with E-state index in [4.69, 9.17) is 28.9 Å². The monoisotopic (exact) mass is 370 g/mol. The van der Waals surface area contributed by atoms with Gasteiger partial charge in [0.2, 0.25) is 5.91 Å². The number of halogens is 2. The predicted octanol–water partition coefficient (Wildman–Crippen LogP) is 3.26. The highest BCUT2D eigenvalue weighted by molar-refractivity contribution is 6.33. The second-order valence-corrected chi connectivity index (χ2v) is 7.58. The molecule has 0 bridgehead atoms. The Hall–Kier alpha value is -1.46. The number of nitrogens with two attached hydrogens (primary N) is 1. The van der Waals surface area contributed by atoms with Gasteiger partial charge in [-0.3, -0.25) is 4.79 Å². The Labute approximate surface area is 153 Å². The zero-order valence-electron chi connectivity index (χ0n) is 14.4. The van der Waals surface area contributed by atoms with Crippen LogP contribution in [0.1, 0.15) is 20.8 Å². The number of carbonyl (C=O) groups is 1. The standard InChI is InChI=1S/C17H24Cl2N4O/c1-17(2,3)16(24)23-8-6-22(7-9-23)14-5-4-12(10-13(14)19)21-15(20)11-18/h4-5,10H,6-9,11H2,1-3H3,(H2,20,21). The van der Waals surface area contributed by atoms with Crippen molar-refractivity contribution in [1.82, 2.24) is 4.90 Å². The summed E-state index contributed by atoms with van der Waals surface area (Å²) in [5, 5.41) is 0.620. The minimum Gasteiger partial charge on any atom is -0.386 e. The van der Waals surface area contributed by atoms with Crippen molar-refractivity contribution in [2.45, 2.75) is 20.8 Å². The Kier molecular flexibility index (Phi) is 5.99. The normalized spacial score (nSPS) is 16.5. The van der Waals surface area contributed by atoms with Crippen LogP contribution in [0.2, 0.25) is 5.02 Å². The van der Waals surface area contributed by atoms with Gasteiger partial charge in [0.1, 0.15) is 5.84 Å². The molecule has 2 rings (SSSR count). The maximum Gasteiger partial charge on any atom is 0.228 e. The number of alkyl halides is 1. The molecule has 0 aliphatic carbocycles. The molecule has 0 saturated carbocycles. The fourth-order valence-electron chi connectivity index (χ4n) is 2.64. The Bertz CT molecular complexity index is 632. The highest BCUT2D eigenvalue weighted by Crippen LogP contribution is 2.31. The van der Waals surface area contributed by atoms with Gasteiger partial charge in [-0.25, -0.2) is 4.99 Å². The molecule has 1 aliphatic heterocycles. The molecular formula is C17H24Cl2N4O. The fraction of sp³-hybridized carbons (Fsp3) is 0.529. The van der Waals surface area contributed by atoms with E-state index in [0.717, 1.165) is 18.8 Å². The van der Waals surface area contributed by atoms with Crippen LogP contribution in [0.15, 0.2) is 23.2 Å². The van der Waals surface area contributed by atoms with Crippen molar-refractivity contribution < 1.29 is 4.79 Å². The molecule has 0 atom stereocenters. The number of benzene rings is 1. The summed E-state index contributed by atoms with van der Waals surface area (Å²) in [5.74, 6) is 0.729. The van der Waals surface area contributed by atoms with Crippen LogP contribution in [0, 0.1) is 5.41 Å². The number of hydrogen-bond acceptors (Lipinski definition) is 3. The third-order valence-corrected chi connectivity index (χ3v) is 4.47. The molecule has 24 heavy (non-hydrogen) atoms. The maximum atomic E-state index is 12.3. The first-order valence-corrected chi connectivity index (χ1v) is 8.86. The van der Waals surface area contributed by atoms with E-state index in [-0.39, 0.29) is 17.2 Å². The number of rotatable bonds is 3. The maximum absolute atomic E-state index is 12.3. The van der Waals surface area contributed by atoms with Gasteiger partial charge in [-0.15, -0.1) is 11.6 Å². The van der Waals surface area contributed by atoms with Gasteiger partial charge in [-0.2, -0.15) is 0 Å². The first-order chi connectivity index (χ1) is 11.2. The second kappa shape index (κ2) is 7.62. The number of amides is 1. The van der Waals surface area contributed by atoms with Gasteiger partial charge in [0.25, 0.3) is 0 Å². The van der Waals surface area contributed by atoms with E-state index >= 15 is 0 Å². The third kappa shape index (κ3) is 4.54. The summed E-state index contributed by atoms with van der Waals surface area (Å²) in [6.45, 7) is 8.76. The molecule has 1 amide bonds. The van der Waals surface area contributed by atoms with Crippen LogP contribution in [-0.4, -0.2) is 48.7 Å². The van der Waals surface area contributed by atoms with Crippen molar-refractivity contribution in [2.75, 3.05) is 37.0 Å². The lowest BCUT2D eigenvalue weighted by atomic mass is 9.94. The SMILES string of the molecule is CC(C)(C)C(=O)N1CCN(c2ccc(N=C(N)CCl)cc2Cl)CC1. The molecule has 5 nitrogen and oxygen atoms in total. The lowest BCUT2D eigenvalue weighted by Crippen LogP contribution is -2.51. The lowest BCUT2D eigenvalue weighted by Gasteiger charge is -2.39. The summed E-state index contributed by atoms with van der Waals surface area (Å²) in [4.78, 5) is 20.7. The smallest absolute Gasteiger partial charge is 0.228 e. The Morgan fingerprint density at radius 2 is 1.88 bits per heavy atom. The van der Waals surface area contributed by atoms with E-state index in [0.29, 0.717) is 29.6 Å². The number of aliphatic imine (C=N–C) groups is 1. The van der Waals surface area contributed by atoms with Crippen LogP contribution < -0.4 is 10.6 Å². The molecule has 1 aromatic carbocycles. The number of nitrogens with zero attached hydrogens (tertiary/aromatic N) is 3. The minimum atomic E-state index is -0.345. The molecule has 2 N–H and O–H groups in total. The predicted molar refractivity (Wildman–Crippen MR) is 102 cm³/mol. The Balaban J connectivity index is 2.06. The second-order valence-electron chi connectivity index (χ2n) is 6.90. The summed E-state index contributed by atoms with van der Waals surface area (Å²) in [7, 11) is 0. The van der Waals surface area contributed by atoms with E-state index in [9.17, 15) is 4.79 Å².